The fraction of sp³-hybridized carbons (Fsp3) is 0.389. The lowest BCUT2D eigenvalue weighted by atomic mass is 10.1. The van der Waals surface area contributed by atoms with Gasteiger partial charge in [-0.2, -0.15) is 0 Å². The number of nitrogens with zero attached hydrogens (tertiary/aromatic N) is 4. The third-order valence-corrected chi connectivity index (χ3v) is 4.61. The van der Waals surface area contributed by atoms with Crippen LogP contribution in [0.5, 0.6) is 5.75 Å². The number of aromatic nitrogens is 4. The van der Waals surface area contributed by atoms with Crippen LogP contribution >= 0.6 is 0 Å². The van der Waals surface area contributed by atoms with Gasteiger partial charge in [-0.1, -0.05) is 18.2 Å². The monoisotopic (exact) mass is 387 g/mol. The van der Waals surface area contributed by atoms with E-state index in [1.54, 1.807) is 7.05 Å². The van der Waals surface area contributed by atoms with Crippen molar-refractivity contribution in [2.75, 3.05) is 19.0 Å². The molecule has 0 radical (unpaired) electrons. The third kappa shape index (κ3) is 3.27. The van der Waals surface area contributed by atoms with Crippen molar-refractivity contribution < 1.29 is 24.8 Å². The predicted molar refractivity (Wildman–Crippen MR) is 98.7 cm³/mol. The topological polar surface area (TPSA) is 135 Å². The number of fused-ring (bicyclic) bond motifs is 1. The highest BCUT2D eigenvalue weighted by molar-refractivity contribution is 5.83. The fourth-order valence-electron chi connectivity index (χ4n) is 3.16. The summed E-state index contributed by atoms with van der Waals surface area (Å²) in [5, 5.41) is 32.6. The molecule has 10 nitrogen and oxygen atoms in total. The van der Waals surface area contributed by atoms with Crippen molar-refractivity contribution in [2.45, 2.75) is 31.1 Å². The van der Waals surface area contributed by atoms with Gasteiger partial charge in [0.2, 0.25) is 0 Å². The summed E-state index contributed by atoms with van der Waals surface area (Å²) in [6.45, 7) is -0.274. The average molecular weight is 387 g/mol. The Kier molecular flexibility index (Phi) is 5.09. The van der Waals surface area contributed by atoms with Gasteiger partial charge in [-0.05, 0) is 12.1 Å². The summed E-state index contributed by atoms with van der Waals surface area (Å²) >= 11 is 0. The number of benzene rings is 1. The summed E-state index contributed by atoms with van der Waals surface area (Å²) in [6, 6.07) is 9.31. The highest BCUT2D eigenvalue weighted by Gasteiger charge is 2.44. The van der Waals surface area contributed by atoms with Gasteiger partial charge in [0.1, 0.15) is 30.7 Å². The molecule has 148 valence electrons. The Bertz CT molecular complexity index is 950. The maximum absolute atomic E-state index is 10.3. The van der Waals surface area contributed by atoms with Crippen molar-refractivity contribution in [1.82, 2.24) is 19.5 Å². The second-order valence-electron chi connectivity index (χ2n) is 6.39. The first kappa shape index (κ1) is 18.6. The van der Waals surface area contributed by atoms with Gasteiger partial charge >= 0.3 is 0 Å². The Hall–Kier alpha value is -2.79. The van der Waals surface area contributed by atoms with Gasteiger partial charge in [0, 0.05) is 7.05 Å². The van der Waals surface area contributed by atoms with Crippen molar-refractivity contribution in [3.8, 4) is 5.75 Å². The van der Waals surface area contributed by atoms with Gasteiger partial charge in [0.25, 0.3) is 0 Å². The van der Waals surface area contributed by atoms with E-state index in [1.807, 2.05) is 30.3 Å². The largest absolute Gasteiger partial charge is 0.486 e. The van der Waals surface area contributed by atoms with Crippen LogP contribution in [0.15, 0.2) is 36.7 Å². The molecule has 0 amide bonds. The Morgan fingerprint density at radius 3 is 2.64 bits per heavy atom. The maximum Gasteiger partial charge on any atom is 0.170 e. The molecule has 4 rings (SSSR count). The number of anilines is 1. The van der Waals surface area contributed by atoms with Gasteiger partial charge in [-0.25, -0.2) is 15.0 Å². The van der Waals surface area contributed by atoms with Crippen LogP contribution in [-0.2, 0) is 11.3 Å². The molecule has 3 aromatic rings. The molecule has 3 heterocycles. The van der Waals surface area contributed by atoms with Crippen LogP contribution in [0.2, 0.25) is 0 Å². The Morgan fingerprint density at radius 2 is 1.96 bits per heavy atom. The smallest absolute Gasteiger partial charge is 0.170 e. The zero-order chi connectivity index (χ0) is 19.7. The van der Waals surface area contributed by atoms with Crippen LogP contribution < -0.4 is 10.1 Å². The number of aliphatic hydroxyl groups excluding tert-OH is 3. The van der Waals surface area contributed by atoms with Crippen LogP contribution in [0.25, 0.3) is 11.2 Å². The average Bonchev–Trinajstić information content (AvgIpc) is 3.27. The van der Waals surface area contributed by atoms with Crippen LogP contribution in [0.1, 0.15) is 12.1 Å². The normalized spacial score (nSPS) is 24.6. The van der Waals surface area contributed by atoms with E-state index in [2.05, 4.69) is 20.3 Å². The molecule has 28 heavy (non-hydrogen) atoms. The van der Waals surface area contributed by atoms with E-state index in [-0.39, 0.29) is 6.61 Å². The van der Waals surface area contributed by atoms with E-state index in [4.69, 9.17) is 9.47 Å². The summed E-state index contributed by atoms with van der Waals surface area (Å²) in [6.07, 6.45) is -2.79. The minimum Gasteiger partial charge on any atom is -0.486 e. The van der Waals surface area contributed by atoms with E-state index < -0.39 is 31.1 Å². The molecule has 2 aromatic heterocycles. The lowest BCUT2D eigenvalue weighted by Crippen LogP contribution is -2.33. The molecule has 4 N–H and O–H groups in total. The molecule has 0 aliphatic carbocycles. The number of ether oxygens (including phenoxy) is 2. The van der Waals surface area contributed by atoms with Crippen LogP contribution in [-0.4, -0.2) is 66.8 Å². The summed E-state index contributed by atoms with van der Waals surface area (Å²) in [5.74, 6) is 1.60. The summed E-state index contributed by atoms with van der Waals surface area (Å²) in [5.41, 5.74) is 0.907. The van der Waals surface area contributed by atoms with Crippen molar-refractivity contribution >= 4 is 17.0 Å². The van der Waals surface area contributed by atoms with E-state index in [0.29, 0.717) is 28.6 Å². The highest BCUT2D eigenvalue weighted by atomic mass is 16.6. The van der Waals surface area contributed by atoms with Gasteiger partial charge in [0.05, 0.1) is 12.9 Å². The van der Waals surface area contributed by atoms with E-state index >= 15 is 0 Å². The molecule has 1 aliphatic heterocycles. The van der Waals surface area contributed by atoms with E-state index in [1.165, 1.54) is 10.9 Å². The number of imidazole rings is 1. The van der Waals surface area contributed by atoms with Gasteiger partial charge in [-0.3, -0.25) is 4.57 Å². The van der Waals surface area contributed by atoms with Crippen molar-refractivity contribution in [3.05, 3.63) is 42.5 Å². The maximum atomic E-state index is 10.3. The molecule has 0 saturated carbocycles. The zero-order valence-electron chi connectivity index (χ0n) is 15.1. The lowest BCUT2D eigenvalue weighted by Gasteiger charge is -2.17. The molecule has 0 unspecified atom stereocenters. The molecule has 10 heteroatoms. The Labute approximate surface area is 160 Å². The third-order valence-electron chi connectivity index (χ3n) is 4.61. The second-order valence-corrected chi connectivity index (χ2v) is 6.39. The van der Waals surface area contributed by atoms with Crippen LogP contribution in [0.4, 0.5) is 5.82 Å². The van der Waals surface area contributed by atoms with Crippen LogP contribution in [0, 0.1) is 0 Å². The highest BCUT2D eigenvalue weighted by Crippen LogP contribution is 2.32. The molecular weight excluding hydrogens is 366 g/mol. The second kappa shape index (κ2) is 7.68. The standard InChI is InChI=1S/C18H21N5O5/c1-19-16-13-17(22-12(21-16)8-27-10-5-3-2-4-6-10)23(9-20-13)18-15(26)14(25)11(7-24)28-18/h2-6,9,11,14-15,18,24-26H,7-8H2,1H3,(H,19,21,22)/t11-,14-,15-,18-/m1/s1. The van der Waals surface area contributed by atoms with E-state index in [0.717, 1.165) is 0 Å². The quantitative estimate of drug-likeness (QED) is 0.463. The Morgan fingerprint density at radius 1 is 1.18 bits per heavy atom. The number of para-hydroxylation sites is 1. The van der Waals surface area contributed by atoms with Gasteiger partial charge in [-0.15, -0.1) is 0 Å². The first-order chi connectivity index (χ1) is 13.6. The zero-order valence-corrected chi connectivity index (χ0v) is 15.1. The predicted octanol–water partition coefficient (Wildman–Crippen LogP) is 0.0585. The molecule has 0 spiro atoms. The van der Waals surface area contributed by atoms with Crippen molar-refractivity contribution in [3.63, 3.8) is 0 Å². The number of hydrogen-bond acceptors (Lipinski definition) is 9. The molecule has 4 atom stereocenters. The fourth-order valence-corrected chi connectivity index (χ4v) is 3.16. The summed E-state index contributed by atoms with van der Waals surface area (Å²) < 4.78 is 12.8. The minimum absolute atomic E-state index is 0.135. The van der Waals surface area contributed by atoms with Crippen LogP contribution in [0.3, 0.4) is 0 Å². The minimum atomic E-state index is -1.23. The molecular formula is C18H21N5O5. The number of aliphatic hydroxyl groups is 3. The van der Waals surface area contributed by atoms with E-state index in [9.17, 15) is 15.3 Å². The summed E-state index contributed by atoms with van der Waals surface area (Å²) in [4.78, 5) is 13.2. The molecule has 1 aliphatic rings. The number of nitrogens with one attached hydrogen (secondary N) is 1. The van der Waals surface area contributed by atoms with Crippen molar-refractivity contribution in [1.29, 1.82) is 0 Å². The van der Waals surface area contributed by atoms with Gasteiger partial charge in [0.15, 0.2) is 29.0 Å². The molecule has 1 aromatic carbocycles. The number of hydrogen-bond donors (Lipinski definition) is 4. The number of rotatable bonds is 6. The SMILES string of the molecule is CNc1nc(COc2ccccc2)nc2c1ncn2[C@@H]1O[C@H](CO)[C@@H](O)[C@H]1O. The van der Waals surface area contributed by atoms with Crippen molar-refractivity contribution in [2.24, 2.45) is 0 Å². The Balaban J connectivity index is 1.67. The first-order valence-electron chi connectivity index (χ1n) is 8.84. The molecule has 1 saturated heterocycles. The summed E-state index contributed by atoms with van der Waals surface area (Å²) in [7, 11) is 1.72. The molecule has 1 fully saturated rings. The first-order valence-corrected chi connectivity index (χ1v) is 8.84. The lowest BCUT2D eigenvalue weighted by molar-refractivity contribution is -0.0511. The molecule has 0 bridgehead atoms. The van der Waals surface area contributed by atoms with Gasteiger partial charge < -0.3 is 30.1 Å².